The maximum atomic E-state index is 12.7. The molecule has 0 aliphatic heterocycles. The van der Waals surface area contributed by atoms with Gasteiger partial charge in [0, 0.05) is 10.6 Å². The first kappa shape index (κ1) is 18.9. The van der Waals surface area contributed by atoms with Crippen LogP contribution in [-0.4, -0.2) is 16.1 Å². The van der Waals surface area contributed by atoms with Crippen LogP contribution in [0.2, 0.25) is 5.02 Å². The van der Waals surface area contributed by atoms with E-state index in [1.54, 1.807) is 24.3 Å². The summed E-state index contributed by atoms with van der Waals surface area (Å²) in [5.41, 5.74) is 0.0456. The fourth-order valence-electron chi connectivity index (χ4n) is 2.25. The van der Waals surface area contributed by atoms with Crippen LogP contribution in [0, 0.1) is 0 Å². The van der Waals surface area contributed by atoms with Gasteiger partial charge in [-0.1, -0.05) is 35.0 Å². The Morgan fingerprint density at radius 1 is 1.15 bits per heavy atom. The van der Waals surface area contributed by atoms with E-state index in [-0.39, 0.29) is 24.5 Å². The third-order valence-electron chi connectivity index (χ3n) is 3.53. The zero-order chi connectivity index (χ0) is 19.4. The van der Waals surface area contributed by atoms with Crippen molar-refractivity contribution in [3.05, 3.63) is 70.6 Å². The summed E-state index contributed by atoms with van der Waals surface area (Å²) in [6, 6.07) is 11.2. The van der Waals surface area contributed by atoms with E-state index in [0.29, 0.717) is 16.4 Å². The van der Waals surface area contributed by atoms with Crippen molar-refractivity contribution in [2.45, 2.75) is 19.2 Å². The van der Waals surface area contributed by atoms with Gasteiger partial charge in [0.1, 0.15) is 0 Å². The van der Waals surface area contributed by atoms with Crippen LogP contribution < -0.4 is 0 Å². The summed E-state index contributed by atoms with van der Waals surface area (Å²) in [7, 11) is 0. The normalized spacial score (nSPS) is 11.4. The van der Waals surface area contributed by atoms with Crippen molar-refractivity contribution in [3.63, 3.8) is 0 Å². The fraction of sp³-hybridized carbons (Fsp3) is 0.167. The Labute approximate surface area is 156 Å². The standard InChI is InChI=1S/C18H12ClF3N2O3/c19-14-6-4-12(5-7-14)17-23-15(27-24-17)10-26-16(25)9-11-2-1-3-13(8-11)18(20,21)22/h1-8H,9-10H2. The number of hydrogen-bond donors (Lipinski definition) is 0. The summed E-state index contributed by atoms with van der Waals surface area (Å²) >= 11 is 5.81. The molecule has 2 aromatic carbocycles. The second-order valence-electron chi connectivity index (χ2n) is 5.55. The molecule has 27 heavy (non-hydrogen) atoms. The van der Waals surface area contributed by atoms with Gasteiger partial charge in [-0.2, -0.15) is 18.2 Å². The molecule has 0 aliphatic carbocycles. The summed E-state index contributed by atoms with van der Waals surface area (Å²) in [6.07, 6.45) is -4.77. The first-order chi connectivity index (χ1) is 12.8. The molecule has 1 aromatic heterocycles. The average molecular weight is 397 g/mol. The molecule has 1 heterocycles. The lowest BCUT2D eigenvalue weighted by molar-refractivity contribution is -0.145. The Morgan fingerprint density at radius 3 is 2.59 bits per heavy atom. The molecule has 3 rings (SSSR count). The van der Waals surface area contributed by atoms with Gasteiger partial charge >= 0.3 is 12.1 Å². The molecule has 0 spiro atoms. The first-order valence-corrected chi connectivity index (χ1v) is 8.09. The minimum Gasteiger partial charge on any atom is -0.455 e. The SMILES string of the molecule is O=C(Cc1cccc(C(F)(F)F)c1)OCc1nc(-c2ccc(Cl)cc2)no1. The molecule has 3 aromatic rings. The van der Waals surface area contributed by atoms with Crippen molar-refractivity contribution in [1.82, 2.24) is 10.1 Å². The summed E-state index contributed by atoms with van der Waals surface area (Å²) in [6.45, 7) is -0.279. The Morgan fingerprint density at radius 2 is 1.89 bits per heavy atom. The number of rotatable bonds is 5. The zero-order valence-corrected chi connectivity index (χ0v) is 14.4. The van der Waals surface area contributed by atoms with Crippen molar-refractivity contribution in [1.29, 1.82) is 0 Å². The summed E-state index contributed by atoms with van der Waals surface area (Å²) in [5, 5.41) is 4.33. The Hall–Kier alpha value is -2.87. The molecular formula is C18H12ClF3N2O3. The van der Waals surface area contributed by atoms with Crippen molar-refractivity contribution in [2.24, 2.45) is 0 Å². The van der Waals surface area contributed by atoms with E-state index in [2.05, 4.69) is 10.1 Å². The van der Waals surface area contributed by atoms with Gasteiger partial charge in [0.15, 0.2) is 6.61 Å². The van der Waals surface area contributed by atoms with E-state index in [1.807, 2.05) is 0 Å². The quantitative estimate of drug-likeness (QED) is 0.585. The van der Waals surface area contributed by atoms with E-state index in [0.717, 1.165) is 12.1 Å². The highest BCUT2D eigenvalue weighted by molar-refractivity contribution is 6.30. The number of ether oxygens (including phenoxy) is 1. The van der Waals surface area contributed by atoms with Gasteiger partial charge in [0.05, 0.1) is 12.0 Å². The second-order valence-corrected chi connectivity index (χ2v) is 5.99. The van der Waals surface area contributed by atoms with Crippen LogP contribution in [0.3, 0.4) is 0 Å². The summed E-state index contributed by atoms with van der Waals surface area (Å²) in [5.74, 6) is -0.339. The van der Waals surface area contributed by atoms with Crippen molar-refractivity contribution < 1.29 is 27.2 Å². The smallest absolute Gasteiger partial charge is 0.416 e. The number of benzene rings is 2. The van der Waals surface area contributed by atoms with E-state index in [9.17, 15) is 18.0 Å². The summed E-state index contributed by atoms with van der Waals surface area (Å²) in [4.78, 5) is 15.9. The highest BCUT2D eigenvalue weighted by Gasteiger charge is 2.30. The molecule has 0 amide bonds. The molecule has 0 fully saturated rings. The van der Waals surface area contributed by atoms with Crippen LogP contribution in [0.15, 0.2) is 53.1 Å². The minimum atomic E-state index is -4.47. The monoisotopic (exact) mass is 396 g/mol. The average Bonchev–Trinajstić information content (AvgIpc) is 3.09. The minimum absolute atomic E-state index is 0.0670. The van der Waals surface area contributed by atoms with Gasteiger partial charge in [-0.05, 0) is 35.9 Å². The van der Waals surface area contributed by atoms with E-state index in [1.165, 1.54) is 12.1 Å². The van der Waals surface area contributed by atoms with Crippen LogP contribution in [0.1, 0.15) is 17.0 Å². The highest BCUT2D eigenvalue weighted by atomic mass is 35.5. The van der Waals surface area contributed by atoms with Crippen molar-refractivity contribution in [3.8, 4) is 11.4 Å². The first-order valence-electron chi connectivity index (χ1n) is 7.71. The van der Waals surface area contributed by atoms with Gasteiger partial charge in [-0.3, -0.25) is 4.79 Å². The maximum absolute atomic E-state index is 12.7. The number of halogens is 4. The molecule has 0 saturated heterocycles. The molecule has 0 atom stereocenters. The van der Waals surface area contributed by atoms with Gasteiger partial charge < -0.3 is 9.26 Å². The predicted octanol–water partition coefficient (Wildman–Crippen LogP) is 4.69. The molecule has 0 N–H and O–H groups in total. The van der Waals surface area contributed by atoms with Crippen LogP contribution in [0.25, 0.3) is 11.4 Å². The van der Waals surface area contributed by atoms with Crippen LogP contribution in [-0.2, 0) is 28.7 Å². The molecule has 5 nitrogen and oxygen atoms in total. The van der Waals surface area contributed by atoms with Gasteiger partial charge in [-0.15, -0.1) is 0 Å². The number of esters is 1. The number of carbonyl (C=O) groups excluding carboxylic acids is 1. The molecule has 140 valence electrons. The third kappa shape index (κ3) is 5.07. The lowest BCUT2D eigenvalue weighted by atomic mass is 10.1. The third-order valence-corrected chi connectivity index (χ3v) is 3.78. The second kappa shape index (κ2) is 7.79. The molecular weight excluding hydrogens is 385 g/mol. The number of hydrogen-bond acceptors (Lipinski definition) is 5. The maximum Gasteiger partial charge on any atom is 0.416 e. The Bertz CT molecular complexity index is 940. The van der Waals surface area contributed by atoms with Crippen LogP contribution in [0.5, 0.6) is 0 Å². The molecule has 0 saturated carbocycles. The predicted molar refractivity (Wildman–Crippen MR) is 89.7 cm³/mol. The van der Waals surface area contributed by atoms with Crippen molar-refractivity contribution in [2.75, 3.05) is 0 Å². The van der Waals surface area contributed by atoms with Gasteiger partial charge in [-0.25, -0.2) is 0 Å². The molecule has 0 unspecified atom stereocenters. The van der Waals surface area contributed by atoms with Crippen LogP contribution >= 0.6 is 11.6 Å². The molecule has 0 aliphatic rings. The lowest BCUT2D eigenvalue weighted by Gasteiger charge is -2.08. The fourth-order valence-corrected chi connectivity index (χ4v) is 2.37. The van der Waals surface area contributed by atoms with E-state index >= 15 is 0 Å². The molecule has 9 heteroatoms. The molecule has 0 bridgehead atoms. The largest absolute Gasteiger partial charge is 0.455 e. The summed E-state index contributed by atoms with van der Waals surface area (Å²) < 4.78 is 48.0. The topological polar surface area (TPSA) is 65.2 Å². The van der Waals surface area contributed by atoms with E-state index < -0.39 is 17.7 Å². The van der Waals surface area contributed by atoms with Gasteiger partial charge in [0.2, 0.25) is 5.82 Å². The zero-order valence-electron chi connectivity index (χ0n) is 13.7. The van der Waals surface area contributed by atoms with Crippen molar-refractivity contribution >= 4 is 17.6 Å². The number of alkyl halides is 3. The number of nitrogens with zero attached hydrogens (tertiary/aromatic N) is 2. The lowest BCUT2D eigenvalue weighted by Crippen LogP contribution is -2.10. The highest BCUT2D eigenvalue weighted by Crippen LogP contribution is 2.29. The Kier molecular flexibility index (Phi) is 5.46. The number of aromatic nitrogens is 2. The van der Waals surface area contributed by atoms with Crippen LogP contribution in [0.4, 0.5) is 13.2 Å². The number of carbonyl (C=O) groups is 1. The Balaban J connectivity index is 1.58. The molecule has 0 radical (unpaired) electrons. The van der Waals surface area contributed by atoms with Gasteiger partial charge in [0.25, 0.3) is 5.89 Å². The van der Waals surface area contributed by atoms with E-state index in [4.69, 9.17) is 20.9 Å².